The zero-order valence-electron chi connectivity index (χ0n) is 15.7. The third-order valence-electron chi connectivity index (χ3n) is 4.04. The maximum atomic E-state index is 4.70. The van der Waals surface area contributed by atoms with Crippen molar-refractivity contribution in [2.45, 2.75) is 53.1 Å². The van der Waals surface area contributed by atoms with Gasteiger partial charge in [-0.3, -0.25) is 9.67 Å². The number of nitrogens with zero attached hydrogens (tertiary/aromatic N) is 4. The maximum Gasteiger partial charge on any atom is 0.191 e. The maximum absolute atomic E-state index is 4.70. The third-order valence-corrected chi connectivity index (χ3v) is 4.89. The van der Waals surface area contributed by atoms with Crippen LogP contribution in [0.15, 0.2) is 10.4 Å². The van der Waals surface area contributed by atoms with Crippen LogP contribution in [-0.4, -0.2) is 27.8 Å². The van der Waals surface area contributed by atoms with Gasteiger partial charge in [0.05, 0.1) is 17.9 Å². The van der Waals surface area contributed by atoms with Crippen LogP contribution in [0.4, 0.5) is 0 Å². The molecular formula is C17H28N6S. The zero-order chi connectivity index (χ0) is 17.9. The minimum Gasteiger partial charge on any atom is -0.352 e. The molecule has 0 unspecified atom stereocenters. The van der Waals surface area contributed by atoms with Crippen molar-refractivity contribution >= 4 is 17.3 Å². The topological polar surface area (TPSA) is 67.1 Å². The highest BCUT2D eigenvalue weighted by atomic mass is 32.1. The molecule has 0 aromatic carbocycles. The van der Waals surface area contributed by atoms with Gasteiger partial charge in [-0.05, 0) is 13.8 Å². The van der Waals surface area contributed by atoms with Crippen LogP contribution in [0.3, 0.4) is 0 Å². The minimum atomic E-state index is 0.0873. The van der Waals surface area contributed by atoms with E-state index < -0.39 is 0 Å². The molecule has 0 aliphatic carbocycles. The number of aliphatic imine (C=N–C) groups is 1. The second-order valence-corrected chi connectivity index (χ2v) is 7.87. The second kappa shape index (κ2) is 7.34. The highest BCUT2D eigenvalue weighted by Gasteiger charge is 2.17. The summed E-state index contributed by atoms with van der Waals surface area (Å²) in [5, 5.41) is 14.3. The molecule has 2 aromatic rings. The Morgan fingerprint density at radius 3 is 2.42 bits per heavy atom. The number of hydrogen-bond acceptors (Lipinski definition) is 4. The third kappa shape index (κ3) is 4.35. The summed E-state index contributed by atoms with van der Waals surface area (Å²) in [5.41, 5.74) is 4.65. The van der Waals surface area contributed by atoms with Crippen LogP contribution in [0.5, 0.6) is 0 Å². The van der Waals surface area contributed by atoms with E-state index in [-0.39, 0.29) is 5.41 Å². The Hall–Kier alpha value is -1.89. The van der Waals surface area contributed by atoms with Crippen molar-refractivity contribution in [3.05, 3.63) is 33.0 Å². The number of nitrogens with one attached hydrogen (secondary N) is 2. The molecule has 0 aliphatic heterocycles. The van der Waals surface area contributed by atoms with Gasteiger partial charge < -0.3 is 10.6 Å². The SMILES string of the molecule is CN=C(NCc1nc(C(C)(C)C)cs1)NCc1c(C)nn(C)c1C. The van der Waals surface area contributed by atoms with Gasteiger partial charge in [-0.1, -0.05) is 20.8 Å². The molecular weight excluding hydrogens is 320 g/mol. The fraction of sp³-hybridized carbons (Fsp3) is 0.588. The van der Waals surface area contributed by atoms with E-state index >= 15 is 0 Å². The summed E-state index contributed by atoms with van der Waals surface area (Å²) in [7, 11) is 3.74. The molecule has 0 saturated heterocycles. The van der Waals surface area contributed by atoms with Crippen LogP contribution < -0.4 is 10.6 Å². The van der Waals surface area contributed by atoms with Crippen molar-refractivity contribution in [3.63, 3.8) is 0 Å². The lowest BCUT2D eigenvalue weighted by Gasteiger charge is -2.14. The van der Waals surface area contributed by atoms with Crippen LogP contribution >= 0.6 is 11.3 Å². The second-order valence-electron chi connectivity index (χ2n) is 6.93. The monoisotopic (exact) mass is 348 g/mol. The largest absolute Gasteiger partial charge is 0.352 e. The summed E-state index contributed by atoms with van der Waals surface area (Å²) in [5.74, 6) is 0.769. The van der Waals surface area contributed by atoms with E-state index in [1.54, 1.807) is 18.4 Å². The van der Waals surface area contributed by atoms with Crippen molar-refractivity contribution in [1.82, 2.24) is 25.4 Å². The van der Waals surface area contributed by atoms with E-state index in [1.165, 1.54) is 11.3 Å². The van der Waals surface area contributed by atoms with Crippen molar-refractivity contribution in [2.24, 2.45) is 12.0 Å². The highest BCUT2D eigenvalue weighted by molar-refractivity contribution is 7.09. The van der Waals surface area contributed by atoms with E-state index in [9.17, 15) is 0 Å². The van der Waals surface area contributed by atoms with Crippen molar-refractivity contribution in [2.75, 3.05) is 7.05 Å². The van der Waals surface area contributed by atoms with Gasteiger partial charge >= 0.3 is 0 Å². The van der Waals surface area contributed by atoms with Crippen LogP contribution in [0, 0.1) is 13.8 Å². The van der Waals surface area contributed by atoms with E-state index in [0.29, 0.717) is 13.1 Å². The highest BCUT2D eigenvalue weighted by Crippen LogP contribution is 2.23. The van der Waals surface area contributed by atoms with Gasteiger partial charge in [-0.25, -0.2) is 4.98 Å². The average molecular weight is 349 g/mol. The Bertz CT molecular complexity index is 720. The number of aryl methyl sites for hydroxylation is 2. The molecule has 132 valence electrons. The van der Waals surface area contributed by atoms with Gasteiger partial charge in [0, 0.05) is 42.7 Å². The molecule has 0 atom stereocenters. The van der Waals surface area contributed by atoms with E-state index in [4.69, 9.17) is 4.98 Å². The molecule has 0 saturated carbocycles. The first-order chi connectivity index (χ1) is 11.2. The molecule has 2 heterocycles. The predicted molar refractivity (Wildman–Crippen MR) is 101 cm³/mol. The molecule has 0 fully saturated rings. The summed E-state index contributed by atoms with van der Waals surface area (Å²) in [6.07, 6.45) is 0. The predicted octanol–water partition coefficient (Wildman–Crippen LogP) is 2.66. The number of thiazole rings is 1. The summed E-state index contributed by atoms with van der Waals surface area (Å²) in [4.78, 5) is 8.98. The summed E-state index contributed by atoms with van der Waals surface area (Å²) >= 11 is 1.68. The standard InChI is InChI=1S/C17H28N6S/c1-11-13(12(2)23(7)22-11)8-19-16(18-6)20-9-15-21-14(10-24-15)17(3,4)5/h10H,8-9H2,1-7H3,(H2,18,19,20). The molecule has 0 spiro atoms. The average Bonchev–Trinajstić information content (AvgIpc) is 3.07. The Morgan fingerprint density at radius 2 is 1.92 bits per heavy atom. The van der Waals surface area contributed by atoms with E-state index in [1.807, 2.05) is 18.7 Å². The fourth-order valence-corrected chi connectivity index (χ4v) is 3.32. The molecule has 0 amide bonds. The first kappa shape index (κ1) is 18.4. The van der Waals surface area contributed by atoms with Gasteiger partial charge in [-0.2, -0.15) is 5.10 Å². The van der Waals surface area contributed by atoms with Gasteiger partial charge in [0.15, 0.2) is 5.96 Å². The normalized spacial score (nSPS) is 12.5. The first-order valence-corrected chi connectivity index (χ1v) is 8.98. The van der Waals surface area contributed by atoms with Crippen LogP contribution in [0.2, 0.25) is 0 Å². The lowest BCUT2D eigenvalue weighted by Crippen LogP contribution is -2.36. The molecule has 2 N–H and O–H groups in total. The van der Waals surface area contributed by atoms with Crippen LogP contribution in [-0.2, 0) is 25.6 Å². The zero-order valence-corrected chi connectivity index (χ0v) is 16.5. The Morgan fingerprint density at radius 1 is 1.25 bits per heavy atom. The Kier molecular flexibility index (Phi) is 5.64. The van der Waals surface area contributed by atoms with Gasteiger partial charge in [0.2, 0.25) is 0 Å². The minimum absolute atomic E-state index is 0.0873. The first-order valence-electron chi connectivity index (χ1n) is 8.11. The van der Waals surface area contributed by atoms with Crippen molar-refractivity contribution in [1.29, 1.82) is 0 Å². The molecule has 0 radical (unpaired) electrons. The fourth-order valence-electron chi connectivity index (χ4n) is 2.36. The molecule has 2 aromatic heterocycles. The molecule has 7 heteroatoms. The van der Waals surface area contributed by atoms with Crippen molar-refractivity contribution < 1.29 is 0 Å². The lowest BCUT2D eigenvalue weighted by atomic mass is 9.93. The lowest BCUT2D eigenvalue weighted by molar-refractivity contribution is 0.570. The van der Waals surface area contributed by atoms with Gasteiger partial charge in [-0.15, -0.1) is 11.3 Å². The van der Waals surface area contributed by atoms with Crippen LogP contribution in [0.1, 0.15) is 48.4 Å². The van der Waals surface area contributed by atoms with E-state index in [2.05, 4.69) is 53.8 Å². The molecule has 2 rings (SSSR count). The Balaban J connectivity index is 1.92. The smallest absolute Gasteiger partial charge is 0.191 e. The number of hydrogen-bond donors (Lipinski definition) is 2. The number of rotatable bonds is 4. The summed E-state index contributed by atoms with van der Waals surface area (Å²) in [6.45, 7) is 12.0. The van der Waals surface area contributed by atoms with Crippen molar-refractivity contribution in [3.8, 4) is 0 Å². The molecule has 24 heavy (non-hydrogen) atoms. The summed E-state index contributed by atoms with van der Waals surface area (Å²) in [6, 6.07) is 0. The van der Waals surface area contributed by atoms with Crippen LogP contribution in [0.25, 0.3) is 0 Å². The molecule has 0 aliphatic rings. The van der Waals surface area contributed by atoms with E-state index in [0.717, 1.165) is 22.4 Å². The Labute approximate surface area is 148 Å². The number of guanidine groups is 1. The molecule has 6 nitrogen and oxygen atoms in total. The van der Waals surface area contributed by atoms with Gasteiger partial charge in [0.25, 0.3) is 0 Å². The summed E-state index contributed by atoms with van der Waals surface area (Å²) < 4.78 is 1.91. The van der Waals surface area contributed by atoms with Gasteiger partial charge in [0.1, 0.15) is 5.01 Å². The number of aromatic nitrogens is 3. The molecule has 0 bridgehead atoms. The quantitative estimate of drug-likeness (QED) is 0.658.